The first-order valence-corrected chi connectivity index (χ1v) is 5.98. The van der Waals surface area contributed by atoms with Gasteiger partial charge in [-0.3, -0.25) is 14.9 Å². The zero-order valence-electron chi connectivity index (χ0n) is 10.6. The molecular weight excluding hydrogens is 248 g/mol. The van der Waals surface area contributed by atoms with E-state index >= 15 is 0 Å². The van der Waals surface area contributed by atoms with Crippen LogP contribution in [0.25, 0.3) is 0 Å². The second-order valence-electron chi connectivity index (χ2n) is 3.97. The van der Waals surface area contributed by atoms with Gasteiger partial charge in [-0.15, -0.1) is 0 Å². The van der Waals surface area contributed by atoms with E-state index in [1.807, 2.05) is 16.3 Å². The first kappa shape index (κ1) is 13.2. The highest BCUT2D eigenvalue weighted by Crippen LogP contribution is 2.13. The Morgan fingerprint density at radius 2 is 2.42 bits per heavy atom. The first-order chi connectivity index (χ1) is 9.22. The molecule has 0 fully saturated rings. The third-order valence-electron chi connectivity index (χ3n) is 2.46. The van der Waals surface area contributed by atoms with Gasteiger partial charge in [-0.25, -0.2) is 5.84 Å². The van der Waals surface area contributed by atoms with Gasteiger partial charge in [0, 0.05) is 6.54 Å². The van der Waals surface area contributed by atoms with E-state index in [-0.39, 0.29) is 12.4 Å². The molecule has 2 aromatic rings. The second-order valence-corrected chi connectivity index (χ2v) is 3.97. The number of hydrazine groups is 1. The Labute approximate surface area is 110 Å². The van der Waals surface area contributed by atoms with Crippen molar-refractivity contribution in [3.05, 3.63) is 36.0 Å². The summed E-state index contributed by atoms with van der Waals surface area (Å²) in [6, 6.07) is 3.21. The van der Waals surface area contributed by atoms with Gasteiger partial charge in [-0.1, -0.05) is 6.92 Å². The number of carbonyl (C=O) groups is 1. The number of aryl methyl sites for hydroxylation is 1. The summed E-state index contributed by atoms with van der Waals surface area (Å²) in [5.74, 6) is 5.90. The number of rotatable bonds is 6. The first-order valence-electron chi connectivity index (χ1n) is 5.98. The SMILES string of the molecule is CCCn1cc(OCc2ccc(C(=O)NN)o2)cn1. The molecule has 7 heteroatoms. The predicted octanol–water partition coefficient (Wildman–Crippen LogP) is 1.07. The normalized spacial score (nSPS) is 10.4. The maximum atomic E-state index is 11.2. The third-order valence-corrected chi connectivity index (χ3v) is 2.46. The van der Waals surface area contributed by atoms with Crippen LogP contribution in [0.2, 0.25) is 0 Å². The van der Waals surface area contributed by atoms with Crippen LogP contribution >= 0.6 is 0 Å². The Hall–Kier alpha value is -2.28. The van der Waals surface area contributed by atoms with E-state index < -0.39 is 5.91 Å². The van der Waals surface area contributed by atoms with E-state index in [2.05, 4.69) is 12.0 Å². The maximum Gasteiger partial charge on any atom is 0.300 e. The molecule has 0 saturated heterocycles. The smallest absolute Gasteiger partial charge is 0.300 e. The van der Waals surface area contributed by atoms with Crippen LogP contribution in [-0.2, 0) is 13.2 Å². The second kappa shape index (κ2) is 6.05. The van der Waals surface area contributed by atoms with E-state index in [0.717, 1.165) is 13.0 Å². The molecule has 7 nitrogen and oxygen atoms in total. The van der Waals surface area contributed by atoms with Crippen LogP contribution in [0, 0.1) is 0 Å². The summed E-state index contributed by atoms with van der Waals surface area (Å²) < 4.78 is 12.6. The van der Waals surface area contributed by atoms with Crippen molar-refractivity contribution < 1.29 is 13.9 Å². The number of hydrogen-bond acceptors (Lipinski definition) is 5. The molecule has 0 aromatic carbocycles. The fourth-order valence-electron chi connectivity index (χ4n) is 1.57. The summed E-state index contributed by atoms with van der Waals surface area (Å²) >= 11 is 0. The van der Waals surface area contributed by atoms with Crippen LogP contribution in [0.1, 0.15) is 29.7 Å². The van der Waals surface area contributed by atoms with Crippen LogP contribution in [0.4, 0.5) is 0 Å². The maximum absolute atomic E-state index is 11.2. The Morgan fingerprint density at radius 3 is 3.16 bits per heavy atom. The Kier molecular flexibility index (Phi) is 4.19. The molecule has 0 aliphatic rings. The molecule has 3 N–H and O–H groups in total. The van der Waals surface area contributed by atoms with Gasteiger partial charge in [0.1, 0.15) is 12.4 Å². The minimum absolute atomic E-state index is 0.155. The third kappa shape index (κ3) is 3.35. The van der Waals surface area contributed by atoms with Crippen molar-refractivity contribution in [1.82, 2.24) is 15.2 Å². The lowest BCUT2D eigenvalue weighted by atomic mass is 10.4. The predicted molar refractivity (Wildman–Crippen MR) is 67.2 cm³/mol. The van der Waals surface area contributed by atoms with Crippen molar-refractivity contribution in [2.24, 2.45) is 5.84 Å². The lowest BCUT2D eigenvalue weighted by Gasteiger charge is -2.00. The van der Waals surface area contributed by atoms with E-state index in [0.29, 0.717) is 11.5 Å². The molecule has 102 valence electrons. The summed E-state index contributed by atoms with van der Waals surface area (Å²) in [7, 11) is 0. The van der Waals surface area contributed by atoms with Crippen molar-refractivity contribution in [2.45, 2.75) is 26.5 Å². The van der Waals surface area contributed by atoms with Gasteiger partial charge in [0.25, 0.3) is 0 Å². The molecule has 0 unspecified atom stereocenters. The molecule has 0 atom stereocenters. The van der Waals surface area contributed by atoms with Crippen LogP contribution < -0.4 is 16.0 Å². The molecular formula is C12H16N4O3. The number of aromatic nitrogens is 2. The Morgan fingerprint density at radius 1 is 1.58 bits per heavy atom. The van der Waals surface area contributed by atoms with Crippen LogP contribution in [0.15, 0.2) is 28.9 Å². The van der Waals surface area contributed by atoms with Crippen molar-refractivity contribution >= 4 is 5.91 Å². The average Bonchev–Trinajstić information content (AvgIpc) is 3.05. The van der Waals surface area contributed by atoms with E-state index in [9.17, 15) is 4.79 Å². The molecule has 0 bridgehead atoms. The van der Waals surface area contributed by atoms with E-state index in [1.54, 1.807) is 18.3 Å². The van der Waals surface area contributed by atoms with Gasteiger partial charge in [-0.2, -0.15) is 5.10 Å². The number of ether oxygens (including phenoxy) is 1. The summed E-state index contributed by atoms with van der Waals surface area (Å²) in [5, 5.41) is 4.15. The van der Waals surface area contributed by atoms with Crippen LogP contribution in [0.5, 0.6) is 5.75 Å². The fourth-order valence-corrected chi connectivity index (χ4v) is 1.57. The van der Waals surface area contributed by atoms with Gasteiger partial charge in [0.2, 0.25) is 0 Å². The van der Waals surface area contributed by atoms with Crippen LogP contribution in [-0.4, -0.2) is 15.7 Å². The number of carbonyl (C=O) groups excluding carboxylic acids is 1. The van der Waals surface area contributed by atoms with Crippen molar-refractivity contribution in [3.8, 4) is 5.75 Å². The summed E-state index contributed by atoms with van der Waals surface area (Å²) in [4.78, 5) is 11.2. The number of nitrogen functional groups attached to an aromatic ring is 1. The molecule has 0 aliphatic carbocycles. The standard InChI is InChI=1S/C12H16N4O3/c1-2-5-16-7-10(6-14-16)18-8-9-3-4-11(19-9)12(17)15-13/h3-4,6-7H,2,5,8,13H2,1H3,(H,15,17). The van der Waals surface area contributed by atoms with Gasteiger partial charge in [0.15, 0.2) is 11.5 Å². The fraction of sp³-hybridized carbons (Fsp3) is 0.333. The van der Waals surface area contributed by atoms with Gasteiger partial charge in [-0.05, 0) is 18.6 Å². The van der Waals surface area contributed by atoms with Crippen molar-refractivity contribution in [1.29, 1.82) is 0 Å². The zero-order chi connectivity index (χ0) is 13.7. The number of nitrogens with two attached hydrogens (primary N) is 1. The summed E-state index contributed by atoms with van der Waals surface area (Å²) in [6.45, 7) is 3.16. The summed E-state index contributed by atoms with van der Waals surface area (Å²) in [5.41, 5.74) is 2.00. The highest BCUT2D eigenvalue weighted by atomic mass is 16.5. The molecule has 2 rings (SSSR count). The molecule has 2 heterocycles. The molecule has 19 heavy (non-hydrogen) atoms. The largest absolute Gasteiger partial charge is 0.482 e. The number of furan rings is 1. The Bertz CT molecular complexity index is 547. The summed E-state index contributed by atoms with van der Waals surface area (Å²) in [6.07, 6.45) is 4.48. The van der Waals surface area contributed by atoms with Crippen molar-refractivity contribution in [2.75, 3.05) is 0 Å². The highest BCUT2D eigenvalue weighted by Gasteiger charge is 2.10. The van der Waals surface area contributed by atoms with Gasteiger partial charge < -0.3 is 9.15 Å². The van der Waals surface area contributed by atoms with Gasteiger partial charge >= 0.3 is 5.91 Å². The molecule has 0 spiro atoms. The monoisotopic (exact) mass is 264 g/mol. The highest BCUT2D eigenvalue weighted by molar-refractivity contribution is 5.90. The zero-order valence-corrected chi connectivity index (χ0v) is 10.6. The number of nitrogens with zero attached hydrogens (tertiary/aromatic N) is 2. The van der Waals surface area contributed by atoms with E-state index in [1.165, 1.54) is 0 Å². The topological polar surface area (TPSA) is 95.3 Å². The lowest BCUT2D eigenvalue weighted by Crippen LogP contribution is -2.29. The molecule has 0 radical (unpaired) electrons. The average molecular weight is 264 g/mol. The van der Waals surface area contributed by atoms with Gasteiger partial charge in [0.05, 0.1) is 12.4 Å². The van der Waals surface area contributed by atoms with Crippen molar-refractivity contribution in [3.63, 3.8) is 0 Å². The quantitative estimate of drug-likeness (QED) is 0.462. The molecule has 0 aliphatic heterocycles. The molecule has 0 saturated carbocycles. The van der Waals surface area contributed by atoms with Crippen LogP contribution in [0.3, 0.4) is 0 Å². The lowest BCUT2D eigenvalue weighted by molar-refractivity contribution is 0.0922. The Balaban J connectivity index is 1.90. The molecule has 1 amide bonds. The molecule has 2 aromatic heterocycles. The van der Waals surface area contributed by atoms with E-state index in [4.69, 9.17) is 15.0 Å². The number of hydrogen-bond donors (Lipinski definition) is 2. The number of amides is 1. The minimum Gasteiger partial charge on any atom is -0.482 e. The number of nitrogens with one attached hydrogen (secondary N) is 1. The minimum atomic E-state index is -0.470.